The Bertz CT molecular complexity index is 1200. The lowest BCUT2D eigenvalue weighted by molar-refractivity contribution is -0.922. The van der Waals surface area contributed by atoms with Crippen LogP contribution in [0.1, 0.15) is 36.7 Å². The third kappa shape index (κ3) is 4.46. The minimum absolute atomic E-state index is 0.0575. The predicted molar refractivity (Wildman–Crippen MR) is 113 cm³/mol. The molecule has 4 rings (SSSR count). The Morgan fingerprint density at radius 3 is 2.72 bits per heavy atom. The number of phenolic OH excluding ortho intramolecular Hbond substituents is 1. The minimum Gasteiger partial charge on any atom is -0.507 e. The quantitative estimate of drug-likeness (QED) is 0.620. The fourth-order valence-corrected chi connectivity index (χ4v) is 4.34. The zero-order valence-electron chi connectivity index (χ0n) is 17.9. The lowest BCUT2D eigenvalue weighted by atomic mass is 9.99. The van der Waals surface area contributed by atoms with Crippen LogP contribution in [0.15, 0.2) is 45.6 Å². The lowest BCUT2D eigenvalue weighted by Crippen LogP contribution is -3.12. The van der Waals surface area contributed by atoms with Crippen molar-refractivity contribution in [2.45, 2.75) is 39.4 Å². The van der Waals surface area contributed by atoms with Gasteiger partial charge in [0.25, 0.3) is 5.76 Å². The highest BCUT2D eigenvalue weighted by molar-refractivity contribution is 5.83. The molecule has 1 aromatic heterocycles. The van der Waals surface area contributed by atoms with Crippen LogP contribution in [-0.2, 0) is 12.7 Å². The molecule has 5 nitrogen and oxygen atoms in total. The standard InChI is InChI=1S/C24H24F3NO4/c1-14-5-3-7-16(11-14)31-22-20(30)17-8-9-19(29)18(13-28-10-4-6-15(2)12-28)21(17)32-23(22)24(25,26)27/h3,5,7-9,11,15,29H,4,6,10,12-13H2,1-2H3/p+1/t15-/m0/s1. The summed E-state index contributed by atoms with van der Waals surface area (Å²) < 4.78 is 52.4. The predicted octanol–water partition coefficient (Wildman–Crippen LogP) is 4.43. The normalized spacial score (nSPS) is 19.3. The molecule has 1 unspecified atom stereocenters. The Hall–Kier alpha value is -3.00. The number of halogens is 3. The molecule has 1 fully saturated rings. The second kappa shape index (κ2) is 8.50. The van der Waals surface area contributed by atoms with E-state index in [9.17, 15) is 23.1 Å². The summed E-state index contributed by atoms with van der Waals surface area (Å²) in [4.78, 5) is 14.2. The van der Waals surface area contributed by atoms with Gasteiger partial charge in [-0.25, -0.2) is 0 Å². The fraction of sp³-hybridized carbons (Fsp3) is 0.375. The van der Waals surface area contributed by atoms with Crippen molar-refractivity contribution in [2.24, 2.45) is 5.92 Å². The number of piperidine rings is 1. The summed E-state index contributed by atoms with van der Waals surface area (Å²) in [5.41, 5.74) is -0.198. The van der Waals surface area contributed by atoms with Crippen LogP contribution in [0.2, 0.25) is 0 Å². The molecule has 32 heavy (non-hydrogen) atoms. The van der Waals surface area contributed by atoms with E-state index in [0.717, 1.165) is 36.4 Å². The van der Waals surface area contributed by atoms with E-state index in [1.54, 1.807) is 19.1 Å². The van der Waals surface area contributed by atoms with Crippen LogP contribution in [0.3, 0.4) is 0 Å². The number of alkyl halides is 3. The second-order valence-electron chi connectivity index (χ2n) is 8.57. The van der Waals surface area contributed by atoms with Crippen LogP contribution in [0.25, 0.3) is 11.0 Å². The maximum Gasteiger partial charge on any atom is 0.453 e. The summed E-state index contributed by atoms with van der Waals surface area (Å²) in [7, 11) is 0. The molecular formula is C24H25F3NO4+. The number of hydrogen-bond acceptors (Lipinski definition) is 4. The number of likely N-dealkylation sites (tertiary alicyclic amines) is 1. The number of hydrogen-bond donors (Lipinski definition) is 2. The highest BCUT2D eigenvalue weighted by Gasteiger charge is 2.41. The lowest BCUT2D eigenvalue weighted by Gasteiger charge is -2.28. The van der Waals surface area contributed by atoms with Gasteiger partial charge in [0, 0.05) is 5.92 Å². The van der Waals surface area contributed by atoms with Gasteiger partial charge in [-0.05, 0) is 49.6 Å². The van der Waals surface area contributed by atoms with Gasteiger partial charge in [-0.15, -0.1) is 0 Å². The van der Waals surface area contributed by atoms with Gasteiger partial charge in [0.1, 0.15) is 18.0 Å². The van der Waals surface area contributed by atoms with Gasteiger partial charge >= 0.3 is 6.18 Å². The van der Waals surface area contributed by atoms with Crippen LogP contribution in [-0.4, -0.2) is 18.2 Å². The topological polar surface area (TPSA) is 64.1 Å². The molecule has 2 N–H and O–H groups in total. The van der Waals surface area contributed by atoms with Crippen molar-refractivity contribution in [3.8, 4) is 17.2 Å². The largest absolute Gasteiger partial charge is 0.507 e. The van der Waals surface area contributed by atoms with Crippen molar-refractivity contribution < 1.29 is 32.3 Å². The average Bonchev–Trinajstić information content (AvgIpc) is 2.71. The molecular weight excluding hydrogens is 423 g/mol. The number of nitrogens with one attached hydrogen (secondary N) is 1. The van der Waals surface area contributed by atoms with E-state index in [1.165, 1.54) is 24.3 Å². The van der Waals surface area contributed by atoms with E-state index in [4.69, 9.17) is 9.15 Å². The van der Waals surface area contributed by atoms with Crippen LogP contribution in [0.4, 0.5) is 13.2 Å². The number of phenols is 1. The van der Waals surface area contributed by atoms with Gasteiger partial charge in [-0.3, -0.25) is 4.79 Å². The van der Waals surface area contributed by atoms with E-state index in [1.807, 2.05) is 0 Å². The van der Waals surface area contributed by atoms with Crippen molar-refractivity contribution in [3.05, 3.63) is 63.5 Å². The molecule has 1 saturated heterocycles. The molecule has 2 atom stereocenters. The molecule has 2 aromatic carbocycles. The number of aromatic hydroxyl groups is 1. The molecule has 0 amide bonds. The summed E-state index contributed by atoms with van der Waals surface area (Å²) in [5.74, 6) is -2.03. The molecule has 0 spiro atoms. The Kier molecular flexibility index (Phi) is 5.90. The Morgan fingerprint density at radius 2 is 2.03 bits per heavy atom. The molecule has 170 valence electrons. The summed E-state index contributed by atoms with van der Waals surface area (Å²) >= 11 is 0. The van der Waals surface area contributed by atoms with Crippen LogP contribution >= 0.6 is 0 Å². The second-order valence-corrected chi connectivity index (χ2v) is 8.57. The van der Waals surface area contributed by atoms with Gasteiger partial charge in [-0.2, -0.15) is 13.2 Å². The van der Waals surface area contributed by atoms with E-state index < -0.39 is 23.1 Å². The van der Waals surface area contributed by atoms with Crippen LogP contribution in [0.5, 0.6) is 17.2 Å². The first-order valence-corrected chi connectivity index (χ1v) is 10.6. The van der Waals surface area contributed by atoms with Gasteiger partial charge in [0.2, 0.25) is 11.2 Å². The minimum atomic E-state index is -4.96. The molecule has 2 heterocycles. The Balaban J connectivity index is 1.86. The van der Waals surface area contributed by atoms with Crippen molar-refractivity contribution in [1.82, 2.24) is 0 Å². The molecule has 0 bridgehead atoms. The van der Waals surface area contributed by atoms with Crippen LogP contribution in [0, 0.1) is 12.8 Å². The van der Waals surface area contributed by atoms with Gasteiger partial charge in [-0.1, -0.05) is 19.1 Å². The Labute approximate surface area is 183 Å². The van der Waals surface area contributed by atoms with Crippen LogP contribution < -0.4 is 15.1 Å². The van der Waals surface area contributed by atoms with E-state index >= 15 is 0 Å². The highest BCUT2D eigenvalue weighted by Crippen LogP contribution is 2.39. The van der Waals surface area contributed by atoms with E-state index in [2.05, 4.69) is 6.92 Å². The molecule has 3 aromatic rings. The average molecular weight is 448 g/mol. The summed E-state index contributed by atoms with van der Waals surface area (Å²) in [6, 6.07) is 8.99. The molecule has 0 saturated carbocycles. The highest BCUT2D eigenvalue weighted by atomic mass is 19.4. The monoisotopic (exact) mass is 448 g/mol. The van der Waals surface area contributed by atoms with Crippen molar-refractivity contribution >= 4 is 11.0 Å². The zero-order valence-corrected chi connectivity index (χ0v) is 17.9. The smallest absolute Gasteiger partial charge is 0.453 e. The fourth-order valence-electron chi connectivity index (χ4n) is 4.34. The van der Waals surface area contributed by atoms with E-state index in [-0.39, 0.29) is 34.6 Å². The first kappa shape index (κ1) is 22.2. The summed E-state index contributed by atoms with van der Waals surface area (Å²) in [6.45, 7) is 5.83. The van der Waals surface area contributed by atoms with Crippen molar-refractivity contribution in [1.29, 1.82) is 0 Å². The molecule has 1 aliphatic heterocycles. The molecule has 8 heteroatoms. The summed E-state index contributed by atoms with van der Waals surface area (Å²) in [6.07, 6.45) is -2.87. The van der Waals surface area contributed by atoms with Crippen molar-refractivity contribution in [3.63, 3.8) is 0 Å². The number of benzene rings is 2. The number of quaternary nitrogens is 1. The molecule has 0 radical (unpaired) electrons. The van der Waals surface area contributed by atoms with Crippen molar-refractivity contribution in [2.75, 3.05) is 13.1 Å². The maximum absolute atomic E-state index is 13.9. The Morgan fingerprint density at radius 1 is 1.25 bits per heavy atom. The maximum atomic E-state index is 13.9. The zero-order chi connectivity index (χ0) is 23.0. The third-order valence-electron chi connectivity index (χ3n) is 5.86. The van der Waals surface area contributed by atoms with E-state index in [0.29, 0.717) is 5.92 Å². The SMILES string of the molecule is Cc1cccc(Oc2c(C(F)(F)F)oc3c(C[NH+]4CCC[C@H](C)C4)c(O)ccc3c2=O)c1. The number of aryl methyl sites for hydroxylation is 1. The molecule has 0 aliphatic carbocycles. The third-order valence-corrected chi connectivity index (χ3v) is 5.86. The first-order valence-electron chi connectivity index (χ1n) is 10.6. The molecule has 1 aliphatic rings. The number of rotatable bonds is 4. The van der Waals surface area contributed by atoms with Gasteiger partial charge in [0.05, 0.1) is 24.0 Å². The number of fused-ring (bicyclic) bond motifs is 1. The number of ether oxygens (including phenoxy) is 1. The summed E-state index contributed by atoms with van der Waals surface area (Å²) in [5, 5.41) is 10.4. The first-order chi connectivity index (χ1) is 15.1. The van der Waals surface area contributed by atoms with Gasteiger partial charge < -0.3 is 19.2 Å². The van der Waals surface area contributed by atoms with Gasteiger partial charge in [0.15, 0.2) is 5.58 Å².